The standard InChI is InChI=1S/C17H18ClN5O2/c1-10-7-11(18)8-12(24)14(10)16-21-15-17(22(16)2)19-9-13(20-15)23-3-5-25-6-4-23/h7-9,24H,3-6H2,1-2H3. The zero-order chi connectivity index (χ0) is 17.6. The molecule has 25 heavy (non-hydrogen) atoms. The lowest BCUT2D eigenvalue weighted by Crippen LogP contribution is -2.36. The first-order chi connectivity index (χ1) is 12.0. The Morgan fingerprint density at radius 3 is 2.68 bits per heavy atom. The van der Waals surface area contributed by atoms with Crippen molar-refractivity contribution in [2.24, 2.45) is 7.05 Å². The van der Waals surface area contributed by atoms with Crippen LogP contribution in [0.3, 0.4) is 0 Å². The fourth-order valence-corrected chi connectivity index (χ4v) is 3.40. The summed E-state index contributed by atoms with van der Waals surface area (Å²) in [4.78, 5) is 15.9. The number of anilines is 1. The van der Waals surface area contributed by atoms with Crippen LogP contribution in [0, 0.1) is 6.92 Å². The van der Waals surface area contributed by atoms with Gasteiger partial charge in [-0.3, -0.25) is 0 Å². The number of halogens is 1. The SMILES string of the molecule is Cc1cc(Cl)cc(O)c1-c1nc2nc(N3CCOCC3)cnc2n1C. The van der Waals surface area contributed by atoms with Crippen molar-refractivity contribution in [3.05, 3.63) is 28.9 Å². The summed E-state index contributed by atoms with van der Waals surface area (Å²) >= 11 is 6.01. The molecule has 1 fully saturated rings. The third kappa shape index (κ3) is 2.79. The van der Waals surface area contributed by atoms with Gasteiger partial charge < -0.3 is 19.3 Å². The number of ether oxygens (including phenoxy) is 1. The van der Waals surface area contributed by atoms with Crippen molar-refractivity contribution in [3.8, 4) is 17.1 Å². The van der Waals surface area contributed by atoms with Gasteiger partial charge in [0.15, 0.2) is 11.3 Å². The lowest BCUT2D eigenvalue weighted by Gasteiger charge is -2.27. The van der Waals surface area contributed by atoms with Gasteiger partial charge in [0.25, 0.3) is 0 Å². The zero-order valence-corrected chi connectivity index (χ0v) is 14.8. The van der Waals surface area contributed by atoms with Gasteiger partial charge in [-0.15, -0.1) is 0 Å². The fourth-order valence-electron chi connectivity index (χ4n) is 3.14. The second kappa shape index (κ2) is 6.16. The van der Waals surface area contributed by atoms with Gasteiger partial charge >= 0.3 is 0 Å². The summed E-state index contributed by atoms with van der Waals surface area (Å²) < 4.78 is 7.21. The smallest absolute Gasteiger partial charge is 0.200 e. The molecule has 1 N–H and O–H groups in total. The number of hydrogen-bond donors (Lipinski definition) is 1. The van der Waals surface area contributed by atoms with E-state index in [9.17, 15) is 5.11 Å². The van der Waals surface area contributed by atoms with Gasteiger partial charge in [-0.1, -0.05) is 11.6 Å². The minimum atomic E-state index is 0.0943. The minimum Gasteiger partial charge on any atom is -0.507 e. The van der Waals surface area contributed by atoms with Crippen LogP contribution in [0.15, 0.2) is 18.3 Å². The molecule has 1 aromatic carbocycles. The Bertz CT molecular complexity index is 927. The number of aromatic nitrogens is 4. The van der Waals surface area contributed by atoms with Gasteiger partial charge in [-0.05, 0) is 24.6 Å². The molecule has 4 rings (SSSR count). The first kappa shape index (κ1) is 16.1. The molecule has 0 bridgehead atoms. The lowest BCUT2D eigenvalue weighted by molar-refractivity contribution is 0.122. The van der Waals surface area contributed by atoms with Crippen molar-refractivity contribution in [1.29, 1.82) is 0 Å². The van der Waals surface area contributed by atoms with E-state index in [1.54, 1.807) is 12.3 Å². The molecule has 1 aliphatic rings. The van der Waals surface area contributed by atoms with Crippen LogP contribution in [-0.2, 0) is 11.8 Å². The van der Waals surface area contributed by atoms with Gasteiger partial charge in [0.2, 0.25) is 0 Å². The van der Waals surface area contributed by atoms with E-state index in [1.165, 1.54) is 6.07 Å². The highest BCUT2D eigenvalue weighted by Crippen LogP contribution is 2.35. The molecule has 3 aromatic rings. The molecular formula is C17H18ClN5O2. The van der Waals surface area contributed by atoms with Gasteiger partial charge in [0.05, 0.1) is 25.0 Å². The molecule has 0 saturated carbocycles. The summed E-state index contributed by atoms with van der Waals surface area (Å²) in [5.41, 5.74) is 2.70. The summed E-state index contributed by atoms with van der Waals surface area (Å²) in [6, 6.07) is 3.32. The number of phenols is 1. The maximum atomic E-state index is 10.3. The Morgan fingerprint density at radius 1 is 1.20 bits per heavy atom. The van der Waals surface area contributed by atoms with Crippen LogP contribution in [0.25, 0.3) is 22.7 Å². The number of rotatable bonds is 2. The molecule has 7 nitrogen and oxygen atoms in total. The average molecular weight is 360 g/mol. The van der Waals surface area contributed by atoms with E-state index in [4.69, 9.17) is 16.3 Å². The summed E-state index contributed by atoms with van der Waals surface area (Å²) in [6.07, 6.45) is 1.76. The van der Waals surface area contributed by atoms with Gasteiger partial charge in [-0.25, -0.2) is 15.0 Å². The predicted molar refractivity (Wildman–Crippen MR) is 96.2 cm³/mol. The van der Waals surface area contributed by atoms with E-state index in [1.807, 2.05) is 18.5 Å². The molecular weight excluding hydrogens is 342 g/mol. The third-order valence-electron chi connectivity index (χ3n) is 4.41. The van der Waals surface area contributed by atoms with Crippen LogP contribution in [-0.4, -0.2) is 50.9 Å². The normalized spacial score (nSPS) is 15.1. The van der Waals surface area contributed by atoms with Gasteiger partial charge in [-0.2, -0.15) is 0 Å². The highest BCUT2D eigenvalue weighted by atomic mass is 35.5. The average Bonchev–Trinajstić information content (AvgIpc) is 2.91. The molecule has 0 aliphatic carbocycles. The molecule has 8 heteroatoms. The van der Waals surface area contributed by atoms with E-state index in [-0.39, 0.29) is 5.75 Å². The van der Waals surface area contributed by atoms with Crippen LogP contribution < -0.4 is 4.90 Å². The molecule has 0 radical (unpaired) electrons. The summed E-state index contributed by atoms with van der Waals surface area (Å²) in [7, 11) is 1.86. The first-order valence-corrected chi connectivity index (χ1v) is 8.44. The Kier molecular flexibility index (Phi) is 3.97. The Morgan fingerprint density at radius 2 is 1.96 bits per heavy atom. The second-order valence-corrected chi connectivity index (χ2v) is 6.52. The molecule has 130 valence electrons. The van der Waals surface area contributed by atoms with Crippen LogP contribution in [0.1, 0.15) is 5.56 Å². The quantitative estimate of drug-likeness (QED) is 0.757. The molecule has 0 spiro atoms. The van der Waals surface area contributed by atoms with E-state index >= 15 is 0 Å². The van der Waals surface area contributed by atoms with E-state index in [2.05, 4.69) is 19.9 Å². The molecule has 0 unspecified atom stereocenters. The van der Waals surface area contributed by atoms with Crippen LogP contribution in [0.2, 0.25) is 5.02 Å². The molecule has 0 atom stereocenters. The number of hydrogen-bond acceptors (Lipinski definition) is 6. The Balaban J connectivity index is 1.82. The molecule has 1 saturated heterocycles. The molecule has 2 aromatic heterocycles. The van der Waals surface area contributed by atoms with Crippen molar-refractivity contribution in [2.75, 3.05) is 31.2 Å². The number of nitrogens with zero attached hydrogens (tertiary/aromatic N) is 5. The van der Waals surface area contributed by atoms with Crippen LogP contribution >= 0.6 is 11.6 Å². The van der Waals surface area contributed by atoms with Crippen molar-refractivity contribution in [1.82, 2.24) is 19.5 Å². The van der Waals surface area contributed by atoms with Crippen LogP contribution in [0.4, 0.5) is 5.82 Å². The van der Waals surface area contributed by atoms with Crippen molar-refractivity contribution in [3.63, 3.8) is 0 Å². The third-order valence-corrected chi connectivity index (χ3v) is 4.63. The van der Waals surface area contributed by atoms with Crippen molar-refractivity contribution < 1.29 is 9.84 Å². The Hall–Kier alpha value is -2.38. The number of aromatic hydroxyl groups is 1. The fraction of sp³-hybridized carbons (Fsp3) is 0.353. The highest BCUT2D eigenvalue weighted by molar-refractivity contribution is 6.31. The number of phenolic OH excluding ortho intramolecular Hbond substituents is 1. The monoisotopic (exact) mass is 359 g/mol. The van der Waals surface area contributed by atoms with E-state index < -0.39 is 0 Å². The van der Waals surface area contributed by atoms with Crippen molar-refractivity contribution in [2.45, 2.75) is 6.92 Å². The Labute approximate surface area is 149 Å². The summed E-state index contributed by atoms with van der Waals surface area (Å²) in [6.45, 7) is 4.84. The van der Waals surface area contributed by atoms with Crippen LogP contribution in [0.5, 0.6) is 5.75 Å². The minimum absolute atomic E-state index is 0.0943. The van der Waals surface area contributed by atoms with Gasteiger partial charge in [0.1, 0.15) is 17.4 Å². The molecule has 0 amide bonds. The zero-order valence-electron chi connectivity index (χ0n) is 14.0. The number of imidazole rings is 1. The second-order valence-electron chi connectivity index (χ2n) is 6.09. The predicted octanol–water partition coefficient (Wildman–Crippen LogP) is 2.53. The molecule has 3 heterocycles. The first-order valence-electron chi connectivity index (χ1n) is 8.06. The van der Waals surface area contributed by atoms with E-state index in [0.717, 1.165) is 24.5 Å². The number of fused-ring (bicyclic) bond motifs is 1. The number of morpholine rings is 1. The van der Waals surface area contributed by atoms with Gasteiger partial charge in [0, 0.05) is 25.2 Å². The lowest BCUT2D eigenvalue weighted by atomic mass is 10.1. The van der Waals surface area contributed by atoms with E-state index in [0.29, 0.717) is 40.9 Å². The number of benzene rings is 1. The maximum absolute atomic E-state index is 10.3. The largest absolute Gasteiger partial charge is 0.507 e. The topological polar surface area (TPSA) is 76.3 Å². The van der Waals surface area contributed by atoms with Crippen molar-refractivity contribution >= 4 is 28.7 Å². The summed E-state index contributed by atoms with van der Waals surface area (Å²) in [5.74, 6) is 1.50. The highest BCUT2D eigenvalue weighted by Gasteiger charge is 2.20. The maximum Gasteiger partial charge on any atom is 0.200 e. The molecule has 1 aliphatic heterocycles. The summed E-state index contributed by atoms with van der Waals surface area (Å²) in [5, 5.41) is 10.8. The number of aryl methyl sites for hydroxylation is 2.